The Labute approximate surface area is 180 Å². The van der Waals surface area contributed by atoms with Gasteiger partial charge in [0.2, 0.25) is 0 Å². The predicted octanol–water partition coefficient (Wildman–Crippen LogP) is 4.30. The monoisotopic (exact) mass is 422 g/mol. The van der Waals surface area contributed by atoms with Gasteiger partial charge in [-0.05, 0) is 45.4 Å². The normalized spacial score (nSPS) is 23.4. The molecule has 0 aromatic heterocycles. The number of ketones is 2. The molecule has 2 aromatic rings. The van der Waals surface area contributed by atoms with E-state index in [1.807, 2.05) is 31.2 Å². The summed E-state index contributed by atoms with van der Waals surface area (Å²) in [7, 11) is 0. The lowest BCUT2D eigenvalue weighted by atomic mass is 9.64. The molecule has 0 fully saturated rings. The fourth-order valence-corrected chi connectivity index (χ4v) is 4.47. The molecular formula is C24H26N2O5. The molecule has 162 valence electrons. The molecule has 3 rings (SSSR count). The standard InChI is InChI=1S/C24H26N2O5/c1-14-5-9-18(10-6-14)25-20-13-24(4,29)23(16(3)28)22(21(20)15(2)27)17-7-11-19(12-8-17)26(30)31/h5-12,22-23,25,29H,13H2,1-4H3/t22-,23-,24-/m0/s1. The van der Waals surface area contributed by atoms with Gasteiger partial charge in [0.1, 0.15) is 5.78 Å². The summed E-state index contributed by atoms with van der Waals surface area (Å²) in [5, 5.41) is 25.6. The van der Waals surface area contributed by atoms with Crippen LogP contribution in [0.2, 0.25) is 0 Å². The topological polar surface area (TPSA) is 110 Å². The minimum absolute atomic E-state index is 0.0861. The number of aryl methyl sites for hydroxylation is 1. The number of nitro groups is 1. The van der Waals surface area contributed by atoms with Crippen LogP contribution in [0.3, 0.4) is 0 Å². The molecule has 0 saturated heterocycles. The highest BCUT2D eigenvalue weighted by Gasteiger charge is 2.49. The van der Waals surface area contributed by atoms with Crippen LogP contribution >= 0.6 is 0 Å². The Morgan fingerprint density at radius 3 is 2.16 bits per heavy atom. The Hall–Kier alpha value is -3.32. The van der Waals surface area contributed by atoms with Crippen molar-refractivity contribution in [2.45, 2.75) is 45.6 Å². The highest BCUT2D eigenvalue weighted by molar-refractivity contribution is 5.98. The van der Waals surface area contributed by atoms with Crippen molar-refractivity contribution >= 4 is 22.9 Å². The van der Waals surface area contributed by atoms with E-state index in [1.54, 1.807) is 19.1 Å². The van der Waals surface area contributed by atoms with Crippen LogP contribution in [0.25, 0.3) is 0 Å². The van der Waals surface area contributed by atoms with Gasteiger partial charge < -0.3 is 10.4 Å². The number of hydrogen-bond acceptors (Lipinski definition) is 6. The van der Waals surface area contributed by atoms with E-state index in [4.69, 9.17) is 0 Å². The molecule has 0 bridgehead atoms. The minimum Gasteiger partial charge on any atom is -0.389 e. The van der Waals surface area contributed by atoms with E-state index in [1.165, 1.54) is 26.0 Å². The van der Waals surface area contributed by atoms with Gasteiger partial charge in [0, 0.05) is 41.4 Å². The summed E-state index contributed by atoms with van der Waals surface area (Å²) in [6.45, 7) is 6.39. The summed E-state index contributed by atoms with van der Waals surface area (Å²) in [5.41, 5.74) is 1.87. The van der Waals surface area contributed by atoms with Gasteiger partial charge in [-0.2, -0.15) is 0 Å². The van der Waals surface area contributed by atoms with Crippen molar-refractivity contribution in [3.8, 4) is 0 Å². The molecular weight excluding hydrogens is 396 g/mol. The number of nitrogens with one attached hydrogen (secondary N) is 1. The summed E-state index contributed by atoms with van der Waals surface area (Å²) in [6.07, 6.45) is 0.101. The molecule has 0 saturated carbocycles. The lowest BCUT2D eigenvalue weighted by Crippen LogP contribution is -2.48. The molecule has 0 heterocycles. The number of nitro benzene ring substituents is 1. The second-order valence-electron chi connectivity index (χ2n) is 8.39. The molecule has 0 amide bonds. The number of nitrogens with zero attached hydrogens (tertiary/aromatic N) is 1. The van der Waals surface area contributed by atoms with E-state index >= 15 is 0 Å². The van der Waals surface area contributed by atoms with Gasteiger partial charge in [0.25, 0.3) is 5.69 Å². The first kappa shape index (κ1) is 22.4. The molecule has 0 radical (unpaired) electrons. The van der Waals surface area contributed by atoms with Crippen LogP contribution in [-0.4, -0.2) is 27.2 Å². The van der Waals surface area contributed by atoms with Gasteiger partial charge >= 0.3 is 0 Å². The van der Waals surface area contributed by atoms with Crippen molar-refractivity contribution in [2.75, 3.05) is 5.32 Å². The SMILES string of the molecule is CC(=O)C1=C(Nc2ccc(C)cc2)C[C@](C)(O)[C@@H](C(C)=O)[C@H]1c1ccc([N+](=O)[O-])cc1. The maximum Gasteiger partial charge on any atom is 0.269 e. The number of aliphatic hydroxyl groups is 1. The fourth-order valence-electron chi connectivity index (χ4n) is 4.47. The third-order valence-corrected chi connectivity index (χ3v) is 5.80. The molecule has 2 aromatic carbocycles. The molecule has 0 unspecified atom stereocenters. The third kappa shape index (κ3) is 4.56. The molecule has 7 heteroatoms. The van der Waals surface area contributed by atoms with Crippen LogP contribution in [0.15, 0.2) is 59.8 Å². The van der Waals surface area contributed by atoms with Crippen LogP contribution in [0.1, 0.15) is 44.2 Å². The van der Waals surface area contributed by atoms with Crippen LogP contribution in [-0.2, 0) is 9.59 Å². The zero-order chi connectivity index (χ0) is 22.9. The maximum absolute atomic E-state index is 12.8. The summed E-state index contributed by atoms with van der Waals surface area (Å²) in [5.74, 6) is -2.06. The highest BCUT2D eigenvalue weighted by atomic mass is 16.6. The van der Waals surface area contributed by atoms with E-state index in [0.29, 0.717) is 16.8 Å². The smallest absolute Gasteiger partial charge is 0.269 e. The second kappa shape index (κ2) is 8.43. The molecule has 3 atom stereocenters. The molecule has 0 aliphatic heterocycles. The number of benzene rings is 2. The average Bonchev–Trinajstić information content (AvgIpc) is 2.68. The first-order valence-corrected chi connectivity index (χ1v) is 10.1. The summed E-state index contributed by atoms with van der Waals surface area (Å²) >= 11 is 0. The first-order chi connectivity index (χ1) is 14.5. The van der Waals surface area contributed by atoms with Gasteiger partial charge in [-0.25, -0.2) is 0 Å². The zero-order valence-corrected chi connectivity index (χ0v) is 18.0. The van der Waals surface area contributed by atoms with E-state index in [0.717, 1.165) is 11.3 Å². The number of non-ortho nitro benzene ring substituents is 1. The van der Waals surface area contributed by atoms with Crippen LogP contribution in [0, 0.1) is 23.0 Å². The lowest BCUT2D eigenvalue weighted by Gasteiger charge is -2.43. The van der Waals surface area contributed by atoms with Gasteiger partial charge in [-0.1, -0.05) is 29.8 Å². The van der Waals surface area contributed by atoms with Crippen LogP contribution in [0.4, 0.5) is 11.4 Å². The van der Waals surface area contributed by atoms with Crippen molar-refractivity contribution in [1.82, 2.24) is 0 Å². The van der Waals surface area contributed by atoms with Crippen LogP contribution in [0.5, 0.6) is 0 Å². The van der Waals surface area contributed by atoms with E-state index in [9.17, 15) is 24.8 Å². The molecule has 0 spiro atoms. The van der Waals surface area contributed by atoms with Crippen LogP contribution < -0.4 is 5.32 Å². The molecule has 7 nitrogen and oxygen atoms in total. The van der Waals surface area contributed by atoms with Gasteiger partial charge in [-0.15, -0.1) is 0 Å². The Balaban J connectivity index is 2.19. The first-order valence-electron chi connectivity index (χ1n) is 10.1. The summed E-state index contributed by atoms with van der Waals surface area (Å²) in [4.78, 5) is 36.0. The van der Waals surface area contributed by atoms with Crippen molar-refractivity contribution in [1.29, 1.82) is 0 Å². The number of hydrogen-bond donors (Lipinski definition) is 2. The number of Topliss-reactive ketones (excluding diaryl/α,β-unsaturated/α-hetero) is 2. The molecule has 1 aliphatic carbocycles. The number of carbonyl (C=O) groups excluding carboxylic acids is 2. The number of carbonyl (C=O) groups is 2. The predicted molar refractivity (Wildman–Crippen MR) is 118 cm³/mol. The maximum atomic E-state index is 12.8. The molecule has 2 N–H and O–H groups in total. The minimum atomic E-state index is -1.41. The third-order valence-electron chi connectivity index (χ3n) is 5.80. The fraction of sp³-hybridized carbons (Fsp3) is 0.333. The highest BCUT2D eigenvalue weighted by Crippen LogP contribution is 2.48. The quantitative estimate of drug-likeness (QED) is 0.530. The summed E-state index contributed by atoms with van der Waals surface area (Å²) in [6, 6.07) is 13.4. The van der Waals surface area contributed by atoms with E-state index in [-0.39, 0.29) is 23.7 Å². The average molecular weight is 422 g/mol. The number of anilines is 1. The Bertz CT molecular complexity index is 1050. The van der Waals surface area contributed by atoms with Gasteiger partial charge in [0.05, 0.1) is 16.4 Å². The van der Waals surface area contributed by atoms with Gasteiger partial charge in [-0.3, -0.25) is 19.7 Å². The lowest BCUT2D eigenvalue weighted by molar-refractivity contribution is -0.384. The van der Waals surface area contributed by atoms with E-state index < -0.39 is 22.4 Å². The Morgan fingerprint density at radius 1 is 1.10 bits per heavy atom. The van der Waals surface area contributed by atoms with E-state index in [2.05, 4.69) is 5.32 Å². The molecule has 1 aliphatic rings. The molecule has 31 heavy (non-hydrogen) atoms. The van der Waals surface area contributed by atoms with Crippen molar-refractivity contribution in [2.24, 2.45) is 5.92 Å². The van der Waals surface area contributed by atoms with Crippen molar-refractivity contribution in [3.63, 3.8) is 0 Å². The number of allylic oxidation sites excluding steroid dienone is 1. The Morgan fingerprint density at radius 2 is 1.68 bits per heavy atom. The Kier molecular flexibility index (Phi) is 6.08. The van der Waals surface area contributed by atoms with Gasteiger partial charge in [0.15, 0.2) is 5.78 Å². The summed E-state index contributed by atoms with van der Waals surface area (Å²) < 4.78 is 0. The largest absolute Gasteiger partial charge is 0.389 e. The van der Waals surface area contributed by atoms with Crippen molar-refractivity contribution in [3.05, 3.63) is 81.0 Å². The number of rotatable bonds is 6. The van der Waals surface area contributed by atoms with Crippen molar-refractivity contribution < 1.29 is 19.6 Å². The second-order valence-corrected chi connectivity index (χ2v) is 8.39. The zero-order valence-electron chi connectivity index (χ0n) is 18.0.